The minimum atomic E-state index is -0.119. The van der Waals surface area contributed by atoms with Crippen LogP contribution in [-0.4, -0.2) is 39.4 Å². The number of hydrogen-bond acceptors (Lipinski definition) is 3. The summed E-state index contributed by atoms with van der Waals surface area (Å²) >= 11 is 0. The summed E-state index contributed by atoms with van der Waals surface area (Å²) < 4.78 is 19.0. The molecule has 1 aromatic rings. The Balaban J connectivity index is 1.77. The molecule has 2 aliphatic rings. The van der Waals surface area contributed by atoms with Crippen molar-refractivity contribution in [2.45, 2.75) is 19.3 Å². The predicted molar refractivity (Wildman–Crippen MR) is 78.7 cm³/mol. The molecule has 1 aromatic carbocycles. The van der Waals surface area contributed by atoms with Gasteiger partial charge in [0.15, 0.2) is 0 Å². The first-order chi connectivity index (χ1) is 9.83. The summed E-state index contributed by atoms with van der Waals surface area (Å²) in [5.41, 5.74) is 2.37. The molecule has 0 spiro atoms. The smallest absolute Gasteiger partial charge is 0.123 e. The van der Waals surface area contributed by atoms with Gasteiger partial charge in [0, 0.05) is 18.8 Å². The van der Waals surface area contributed by atoms with Crippen LogP contribution in [0.5, 0.6) is 0 Å². The van der Waals surface area contributed by atoms with E-state index in [1.807, 2.05) is 6.07 Å². The highest BCUT2D eigenvalue weighted by molar-refractivity contribution is 5.54. The zero-order valence-corrected chi connectivity index (χ0v) is 11.9. The van der Waals surface area contributed by atoms with Gasteiger partial charge in [-0.1, -0.05) is 0 Å². The molecule has 1 N–H and O–H groups in total. The molecular weight excluding hydrogens is 255 g/mol. The molecule has 0 atom stereocenters. The largest absolute Gasteiger partial charge is 0.378 e. The summed E-state index contributed by atoms with van der Waals surface area (Å²) in [4.78, 5) is 2.33. The first-order valence-electron chi connectivity index (χ1n) is 7.65. The minimum Gasteiger partial charge on any atom is -0.378 e. The zero-order valence-electron chi connectivity index (χ0n) is 11.9. The van der Waals surface area contributed by atoms with E-state index in [0.29, 0.717) is 5.92 Å². The van der Waals surface area contributed by atoms with Crippen LogP contribution < -0.4 is 10.2 Å². The first kappa shape index (κ1) is 13.8. The number of ether oxygens (including phenoxy) is 1. The lowest BCUT2D eigenvalue weighted by Crippen LogP contribution is -2.37. The van der Waals surface area contributed by atoms with E-state index in [9.17, 15) is 4.39 Å². The van der Waals surface area contributed by atoms with Crippen molar-refractivity contribution in [3.05, 3.63) is 29.6 Å². The maximum Gasteiger partial charge on any atom is 0.123 e. The fourth-order valence-corrected chi connectivity index (χ4v) is 3.23. The van der Waals surface area contributed by atoms with E-state index in [2.05, 4.69) is 10.2 Å². The van der Waals surface area contributed by atoms with E-state index in [0.717, 1.165) is 45.8 Å². The second-order valence-electron chi connectivity index (χ2n) is 5.77. The van der Waals surface area contributed by atoms with Crippen LogP contribution in [0.3, 0.4) is 0 Å². The van der Waals surface area contributed by atoms with E-state index in [1.54, 1.807) is 12.1 Å². The van der Waals surface area contributed by atoms with Crippen molar-refractivity contribution in [2.75, 3.05) is 44.3 Å². The number of nitrogens with one attached hydrogen (secondary N) is 1. The minimum absolute atomic E-state index is 0.119. The van der Waals surface area contributed by atoms with Gasteiger partial charge in [0.05, 0.1) is 13.2 Å². The second-order valence-corrected chi connectivity index (χ2v) is 5.77. The lowest BCUT2D eigenvalue weighted by Gasteiger charge is -2.32. The van der Waals surface area contributed by atoms with Gasteiger partial charge in [0.2, 0.25) is 0 Å². The molecule has 4 heteroatoms. The lowest BCUT2D eigenvalue weighted by molar-refractivity contribution is 0.122. The summed E-state index contributed by atoms with van der Waals surface area (Å²) in [5.74, 6) is 0.559. The van der Waals surface area contributed by atoms with Crippen LogP contribution in [0.15, 0.2) is 18.2 Å². The number of benzene rings is 1. The summed E-state index contributed by atoms with van der Waals surface area (Å²) in [6, 6.07) is 5.25. The van der Waals surface area contributed by atoms with Gasteiger partial charge in [-0.2, -0.15) is 0 Å². The van der Waals surface area contributed by atoms with Crippen molar-refractivity contribution < 1.29 is 9.13 Å². The van der Waals surface area contributed by atoms with Crippen LogP contribution >= 0.6 is 0 Å². The van der Waals surface area contributed by atoms with Crippen molar-refractivity contribution in [3.63, 3.8) is 0 Å². The molecule has 0 radical (unpaired) electrons. The number of halogens is 1. The Morgan fingerprint density at radius 1 is 1.20 bits per heavy atom. The third kappa shape index (κ3) is 3.30. The third-order valence-electron chi connectivity index (χ3n) is 4.36. The van der Waals surface area contributed by atoms with Gasteiger partial charge < -0.3 is 15.0 Å². The monoisotopic (exact) mass is 278 g/mol. The topological polar surface area (TPSA) is 24.5 Å². The van der Waals surface area contributed by atoms with Gasteiger partial charge in [-0.15, -0.1) is 0 Å². The van der Waals surface area contributed by atoms with Crippen molar-refractivity contribution in [1.82, 2.24) is 5.32 Å². The van der Waals surface area contributed by atoms with Crippen LogP contribution in [0.25, 0.3) is 0 Å². The fourth-order valence-electron chi connectivity index (χ4n) is 3.23. The quantitative estimate of drug-likeness (QED) is 0.917. The van der Waals surface area contributed by atoms with E-state index >= 15 is 0 Å². The van der Waals surface area contributed by atoms with Crippen LogP contribution in [0.2, 0.25) is 0 Å². The number of anilines is 1. The molecule has 0 saturated carbocycles. The molecular formula is C16H23FN2O. The number of morpholine rings is 1. The normalized spacial score (nSPS) is 21.1. The molecule has 0 aliphatic carbocycles. The van der Waals surface area contributed by atoms with Crippen LogP contribution in [-0.2, 0) is 11.2 Å². The summed E-state index contributed by atoms with van der Waals surface area (Å²) in [6.07, 6.45) is 3.38. The summed E-state index contributed by atoms with van der Waals surface area (Å²) in [6.45, 7) is 5.53. The van der Waals surface area contributed by atoms with Crippen LogP contribution in [0.1, 0.15) is 18.4 Å². The SMILES string of the molecule is Fc1ccc(N2CCOCC2)c(CC2CCNCC2)c1. The Morgan fingerprint density at radius 3 is 2.70 bits per heavy atom. The van der Waals surface area contributed by atoms with Gasteiger partial charge >= 0.3 is 0 Å². The number of nitrogens with zero attached hydrogens (tertiary/aromatic N) is 1. The van der Waals surface area contributed by atoms with Gasteiger partial charge in [-0.25, -0.2) is 4.39 Å². The molecule has 2 saturated heterocycles. The molecule has 2 heterocycles. The van der Waals surface area contributed by atoms with Crippen molar-refractivity contribution in [2.24, 2.45) is 5.92 Å². The fraction of sp³-hybridized carbons (Fsp3) is 0.625. The van der Waals surface area contributed by atoms with E-state index in [-0.39, 0.29) is 5.82 Å². The molecule has 0 unspecified atom stereocenters. The van der Waals surface area contributed by atoms with Crippen molar-refractivity contribution in [3.8, 4) is 0 Å². The van der Waals surface area contributed by atoms with E-state index < -0.39 is 0 Å². The average Bonchev–Trinajstić information content (AvgIpc) is 2.49. The van der Waals surface area contributed by atoms with Crippen LogP contribution in [0, 0.1) is 11.7 Å². The molecule has 3 nitrogen and oxygen atoms in total. The van der Waals surface area contributed by atoms with Crippen molar-refractivity contribution in [1.29, 1.82) is 0 Å². The van der Waals surface area contributed by atoms with Gasteiger partial charge in [-0.3, -0.25) is 0 Å². The molecule has 110 valence electrons. The highest BCUT2D eigenvalue weighted by Crippen LogP contribution is 2.27. The summed E-state index contributed by atoms with van der Waals surface area (Å²) in [7, 11) is 0. The zero-order chi connectivity index (χ0) is 13.8. The Morgan fingerprint density at radius 2 is 1.95 bits per heavy atom. The Labute approximate surface area is 120 Å². The standard InChI is InChI=1S/C16H23FN2O/c17-15-1-2-16(19-7-9-20-10-8-19)14(12-15)11-13-3-5-18-6-4-13/h1-2,12-13,18H,3-11H2. The molecule has 3 rings (SSSR count). The van der Waals surface area contributed by atoms with Gasteiger partial charge in [0.25, 0.3) is 0 Å². The molecule has 20 heavy (non-hydrogen) atoms. The highest BCUT2D eigenvalue weighted by atomic mass is 19.1. The number of piperidine rings is 1. The molecule has 0 aromatic heterocycles. The second kappa shape index (κ2) is 6.55. The molecule has 0 amide bonds. The Bertz CT molecular complexity index is 440. The molecule has 2 fully saturated rings. The van der Waals surface area contributed by atoms with Crippen LogP contribution in [0.4, 0.5) is 10.1 Å². The van der Waals surface area contributed by atoms with E-state index in [1.165, 1.54) is 24.1 Å². The third-order valence-corrected chi connectivity index (χ3v) is 4.36. The maximum absolute atomic E-state index is 13.6. The number of hydrogen-bond donors (Lipinski definition) is 1. The van der Waals surface area contributed by atoms with E-state index in [4.69, 9.17) is 4.74 Å². The highest BCUT2D eigenvalue weighted by Gasteiger charge is 2.19. The predicted octanol–water partition coefficient (Wildman–Crippen LogP) is 2.20. The Kier molecular flexibility index (Phi) is 4.53. The Hall–Kier alpha value is -1.13. The number of rotatable bonds is 3. The van der Waals surface area contributed by atoms with Crippen molar-refractivity contribution >= 4 is 5.69 Å². The first-order valence-corrected chi connectivity index (χ1v) is 7.65. The molecule has 0 bridgehead atoms. The summed E-state index contributed by atoms with van der Waals surface area (Å²) in [5, 5.41) is 3.39. The lowest BCUT2D eigenvalue weighted by atomic mass is 9.90. The maximum atomic E-state index is 13.6. The molecule has 2 aliphatic heterocycles. The average molecular weight is 278 g/mol. The van der Waals surface area contributed by atoms with Gasteiger partial charge in [0.1, 0.15) is 5.82 Å². The van der Waals surface area contributed by atoms with Gasteiger partial charge in [-0.05, 0) is 62.0 Å².